The van der Waals surface area contributed by atoms with Crippen LogP contribution in [0.1, 0.15) is 6.92 Å². The van der Waals surface area contributed by atoms with E-state index < -0.39 is 0 Å². The summed E-state index contributed by atoms with van der Waals surface area (Å²) < 4.78 is 0. The zero-order chi connectivity index (χ0) is 13.0. The lowest BCUT2D eigenvalue weighted by molar-refractivity contribution is -0.132. The second kappa shape index (κ2) is 5.73. The molecule has 1 aromatic carbocycles. The first-order valence-corrected chi connectivity index (χ1v) is 6.25. The highest BCUT2D eigenvalue weighted by atomic mass is 16.3. The van der Waals surface area contributed by atoms with Crippen LogP contribution in [-0.4, -0.2) is 48.2 Å². The minimum absolute atomic E-state index is 0.00366. The number of fused-ring (bicyclic) bond motifs is 1. The third kappa shape index (κ3) is 2.56. The van der Waals surface area contributed by atoms with Crippen molar-refractivity contribution in [1.29, 1.82) is 0 Å². The van der Waals surface area contributed by atoms with Gasteiger partial charge in [0.2, 0.25) is 5.91 Å². The van der Waals surface area contributed by atoms with E-state index in [0.29, 0.717) is 19.6 Å². The van der Waals surface area contributed by atoms with Crippen molar-refractivity contribution in [2.45, 2.75) is 13.0 Å². The molecule has 18 heavy (non-hydrogen) atoms. The van der Waals surface area contributed by atoms with Gasteiger partial charge < -0.3 is 20.6 Å². The van der Waals surface area contributed by atoms with Gasteiger partial charge in [-0.1, -0.05) is 12.1 Å². The lowest BCUT2D eigenvalue weighted by atomic mass is 10.1. The minimum atomic E-state index is -0.272. The Labute approximate surface area is 107 Å². The third-order valence-corrected chi connectivity index (χ3v) is 3.11. The average molecular weight is 249 g/mol. The third-order valence-electron chi connectivity index (χ3n) is 3.11. The maximum Gasteiger partial charge on any atom is 0.246 e. The summed E-state index contributed by atoms with van der Waals surface area (Å²) in [5.74, 6) is 0.0218. The summed E-state index contributed by atoms with van der Waals surface area (Å²) >= 11 is 0. The molecule has 0 aromatic heterocycles. The molecule has 2 rings (SSSR count). The standard InChI is InChI=1S/C13H19N3O2/c1-2-16(7-8-17)13(18)12-9-14-10-5-3-4-6-11(10)15-12/h3-6,12,14-15,17H,2,7-9H2,1H3. The number of benzene rings is 1. The van der Waals surface area contributed by atoms with E-state index in [1.165, 1.54) is 0 Å². The number of nitrogens with one attached hydrogen (secondary N) is 2. The minimum Gasteiger partial charge on any atom is -0.395 e. The van der Waals surface area contributed by atoms with E-state index in [9.17, 15) is 4.79 Å². The molecule has 0 bridgehead atoms. The van der Waals surface area contributed by atoms with E-state index in [0.717, 1.165) is 11.4 Å². The molecule has 1 atom stereocenters. The Balaban J connectivity index is 2.06. The molecule has 0 fully saturated rings. The number of carbonyl (C=O) groups excluding carboxylic acids is 1. The van der Waals surface area contributed by atoms with Crippen molar-refractivity contribution in [1.82, 2.24) is 4.90 Å². The van der Waals surface area contributed by atoms with E-state index in [4.69, 9.17) is 5.11 Å². The van der Waals surface area contributed by atoms with Crippen molar-refractivity contribution in [3.8, 4) is 0 Å². The van der Waals surface area contributed by atoms with Gasteiger partial charge in [0.15, 0.2) is 0 Å². The van der Waals surface area contributed by atoms with Crippen LogP contribution >= 0.6 is 0 Å². The molecule has 1 unspecified atom stereocenters. The predicted molar refractivity (Wildman–Crippen MR) is 71.7 cm³/mol. The molecule has 1 amide bonds. The Bertz CT molecular complexity index is 422. The van der Waals surface area contributed by atoms with Crippen molar-refractivity contribution in [2.75, 3.05) is 36.9 Å². The molecule has 0 saturated carbocycles. The van der Waals surface area contributed by atoms with Crippen molar-refractivity contribution < 1.29 is 9.90 Å². The quantitative estimate of drug-likeness (QED) is 0.736. The number of hydrogen-bond acceptors (Lipinski definition) is 4. The van der Waals surface area contributed by atoms with Crippen LogP contribution in [0.15, 0.2) is 24.3 Å². The summed E-state index contributed by atoms with van der Waals surface area (Å²) in [6.45, 7) is 3.47. The van der Waals surface area contributed by atoms with Gasteiger partial charge in [0.1, 0.15) is 6.04 Å². The van der Waals surface area contributed by atoms with Crippen LogP contribution in [0, 0.1) is 0 Å². The van der Waals surface area contributed by atoms with Gasteiger partial charge in [-0.05, 0) is 19.1 Å². The Kier molecular flexibility index (Phi) is 4.04. The van der Waals surface area contributed by atoms with Crippen molar-refractivity contribution in [2.24, 2.45) is 0 Å². The molecule has 1 heterocycles. The maximum absolute atomic E-state index is 12.2. The molecule has 1 aliphatic rings. The highest BCUT2D eigenvalue weighted by Crippen LogP contribution is 2.25. The second-order valence-electron chi connectivity index (χ2n) is 4.26. The number of nitrogens with zero attached hydrogens (tertiary/aromatic N) is 1. The molecule has 5 nitrogen and oxygen atoms in total. The molecule has 98 valence electrons. The normalized spacial score (nSPS) is 17.3. The summed E-state index contributed by atoms with van der Waals surface area (Å²) in [5, 5.41) is 15.4. The number of para-hydroxylation sites is 2. The topological polar surface area (TPSA) is 64.6 Å². The zero-order valence-electron chi connectivity index (χ0n) is 10.5. The highest BCUT2D eigenvalue weighted by molar-refractivity contribution is 5.88. The van der Waals surface area contributed by atoms with Gasteiger partial charge in [0, 0.05) is 19.6 Å². The predicted octanol–water partition coefficient (Wildman–Crippen LogP) is 0.733. The smallest absolute Gasteiger partial charge is 0.246 e. The van der Waals surface area contributed by atoms with Crippen LogP contribution < -0.4 is 10.6 Å². The molecule has 3 N–H and O–H groups in total. The molecule has 5 heteroatoms. The number of aliphatic hydroxyl groups excluding tert-OH is 1. The van der Waals surface area contributed by atoms with Gasteiger partial charge in [0.05, 0.1) is 18.0 Å². The van der Waals surface area contributed by atoms with Gasteiger partial charge in [-0.15, -0.1) is 0 Å². The van der Waals surface area contributed by atoms with Gasteiger partial charge in [0.25, 0.3) is 0 Å². The Morgan fingerprint density at radius 2 is 2.17 bits per heavy atom. The molecule has 1 aliphatic heterocycles. The molecule has 0 spiro atoms. The zero-order valence-corrected chi connectivity index (χ0v) is 10.5. The highest BCUT2D eigenvalue weighted by Gasteiger charge is 2.26. The van der Waals surface area contributed by atoms with Gasteiger partial charge in [-0.3, -0.25) is 4.79 Å². The Morgan fingerprint density at radius 1 is 1.44 bits per heavy atom. The largest absolute Gasteiger partial charge is 0.395 e. The number of likely N-dealkylation sites (N-methyl/N-ethyl adjacent to an activating group) is 1. The summed E-state index contributed by atoms with van der Waals surface area (Å²) in [6, 6.07) is 7.55. The number of hydrogen-bond donors (Lipinski definition) is 3. The molecule has 0 radical (unpaired) electrons. The van der Waals surface area contributed by atoms with Gasteiger partial charge >= 0.3 is 0 Å². The van der Waals surface area contributed by atoms with E-state index in [1.54, 1.807) is 4.90 Å². The van der Waals surface area contributed by atoms with Crippen molar-refractivity contribution in [3.63, 3.8) is 0 Å². The molecule has 0 aliphatic carbocycles. The fourth-order valence-corrected chi connectivity index (χ4v) is 2.13. The lowest BCUT2D eigenvalue weighted by Crippen LogP contribution is -2.48. The van der Waals surface area contributed by atoms with E-state index >= 15 is 0 Å². The summed E-state index contributed by atoms with van der Waals surface area (Å²) in [6.07, 6.45) is 0. The second-order valence-corrected chi connectivity index (χ2v) is 4.26. The first-order chi connectivity index (χ1) is 8.76. The maximum atomic E-state index is 12.2. The van der Waals surface area contributed by atoms with E-state index in [2.05, 4.69) is 10.6 Å². The van der Waals surface area contributed by atoms with Crippen molar-refractivity contribution in [3.05, 3.63) is 24.3 Å². The molecular weight excluding hydrogens is 230 g/mol. The molecular formula is C13H19N3O2. The SMILES string of the molecule is CCN(CCO)C(=O)C1CNc2ccccc2N1. The number of rotatable bonds is 4. The molecule has 0 saturated heterocycles. The van der Waals surface area contributed by atoms with E-state index in [-0.39, 0.29) is 18.6 Å². The van der Waals surface area contributed by atoms with Gasteiger partial charge in [-0.2, -0.15) is 0 Å². The number of amides is 1. The fraction of sp³-hybridized carbons (Fsp3) is 0.462. The van der Waals surface area contributed by atoms with E-state index in [1.807, 2.05) is 31.2 Å². The van der Waals surface area contributed by atoms with Crippen LogP contribution in [0.25, 0.3) is 0 Å². The van der Waals surface area contributed by atoms with Crippen molar-refractivity contribution >= 4 is 17.3 Å². The Morgan fingerprint density at radius 3 is 2.83 bits per heavy atom. The number of aliphatic hydroxyl groups is 1. The number of carbonyl (C=O) groups is 1. The molecule has 1 aromatic rings. The fourth-order valence-electron chi connectivity index (χ4n) is 2.13. The average Bonchev–Trinajstić information content (AvgIpc) is 2.43. The lowest BCUT2D eigenvalue weighted by Gasteiger charge is -2.31. The first-order valence-electron chi connectivity index (χ1n) is 6.25. The van der Waals surface area contributed by atoms with Crippen LogP contribution in [-0.2, 0) is 4.79 Å². The monoisotopic (exact) mass is 249 g/mol. The van der Waals surface area contributed by atoms with Gasteiger partial charge in [-0.25, -0.2) is 0 Å². The van der Waals surface area contributed by atoms with Crippen LogP contribution in [0.2, 0.25) is 0 Å². The van der Waals surface area contributed by atoms with Crippen LogP contribution in [0.3, 0.4) is 0 Å². The summed E-state index contributed by atoms with van der Waals surface area (Å²) in [7, 11) is 0. The Hall–Kier alpha value is -1.75. The van der Waals surface area contributed by atoms with Crippen LogP contribution in [0.5, 0.6) is 0 Å². The summed E-state index contributed by atoms with van der Waals surface area (Å²) in [5.41, 5.74) is 1.97. The number of anilines is 2. The van der Waals surface area contributed by atoms with Crippen LogP contribution in [0.4, 0.5) is 11.4 Å². The first kappa shape index (κ1) is 12.7. The summed E-state index contributed by atoms with van der Waals surface area (Å²) in [4.78, 5) is 13.9.